The van der Waals surface area contributed by atoms with Gasteiger partial charge in [0.25, 0.3) is 0 Å². The molecule has 1 amide bonds. The summed E-state index contributed by atoms with van der Waals surface area (Å²) in [6, 6.07) is 11.2. The van der Waals surface area contributed by atoms with E-state index in [-0.39, 0.29) is 23.9 Å². The van der Waals surface area contributed by atoms with Gasteiger partial charge in [0.1, 0.15) is 0 Å². The zero-order chi connectivity index (χ0) is 23.1. The van der Waals surface area contributed by atoms with Gasteiger partial charge in [0, 0.05) is 27.6 Å². The molecule has 0 heterocycles. The van der Waals surface area contributed by atoms with Gasteiger partial charge in [0.05, 0.1) is 11.4 Å². The molecule has 1 N–H and O–H groups in total. The van der Waals surface area contributed by atoms with Gasteiger partial charge >= 0.3 is 0 Å². The maximum absolute atomic E-state index is 13.3. The van der Waals surface area contributed by atoms with Crippen LogP contribution in [0.1, 0.15) is 37.7 Å². The largest absolute Gasteiger partial charge is 0.355 e. The molecular weight excluding hydrogens is 535 g/mol. The van der Waals surface area contributed by atoms with Crippen molar-refractivity contribution in [3.63, 3.8) is 0 Å². The van der Waals surface area contributed by atoms with Crippen molar-refractivity contribution in [1.29, 1.82) is 0 Å². The van der Waals surface area contributed by atoms with E-state index in [1.165, 1.54) is 30.5 Å². The Morgan fingerprint density at radius 1 is 1.09 bits per heavy atom. The first-order valence-corrected chi connectivity index (χ1v) is 13.4. The zero-order valence-electron chi connectivity index (χ0n) is 17.5. The van der Waals surface area contributed by atoms with Crippen molar-refractivity contribution in [1.82, 2.24) is 9.62 Å². The summed E-state index contributed by atoms with van der Waals surface area (Å²) >= 11 is 15.6. The fraction of sp³-hybridized carbons (Fsp3) is 0.348. The fourth-order valence-electron chi connectivity index (χ4n) is 3.53. The van der Waals surface area contributed by atoms with Crippen LogP contribution < -0.4 is 5.32 Å². The molecule has 0 radical (unpaired) electrons. The molecule has 32 heavy (non-hydrogen) atoms. The highest BCUT2D eigenvalue weighted by molar-refractivity contribution is 9.10. The summed E-state index contributed by atoms with van der Waals surface area (Å²) in [4.78, 5) is 12.8. The summed E-state index contributed by atoms with van der Waals surface area (Å²) in [5.41, 5.74) is 1.92. The average Bonchev–Trinajstić information content (AvgIpc) is 2.76. The molecule has 9 heteroatoms. The lowest BCUT2D eigenvalue weighted by Crippen LogP contribution is -2.40. The lowest BCUT2D eigenvalue weighted by Gasteiger charge is -2.23. The van der Waals surface area contributed by atoms with E-state index in [0.717, 1.165) is 28.0 Å². The monoisotopic (exact) mass is 558 g/mol. The lowest BCUT2D eigenvalue weighted by atomic mass is 9.97. The highest BCUT2D eigenvalue weighted by Gasteiger charge is 2.27. The molecule has 2 aromatic rings. The number of rotatable bonds is 9. The molecule has 0 aromatic heterocycles. The lowest BCUT2D eigenvalue weighted by molar-refractivity contribution is -0.121. The highest BCUT2D eigenvalue weighted by atomic mass is 79.9. The number of hydrogen-bond acceptors (Lipinski definition) is 3. The van der Waals surface area contributed by atoms with Gasteiger partial charge in [-0.25, -0.2) is 8.42 Å². The minimum atomic E-state index is -3.93. The maximum Gasteiger partial charge on any atom is 0.243 e. The molecule has 1 aliphatic rings. The number of halogens is 3. The average molecular weight is 560 g/mol. The van der Waals surface area contributed by atoms with E-state index >= 15 is 0 Å². The number of hydrogen-bond donors (Lipinski definition) is 1. The van der Waals surface area contributed by atoms with Gasteiger partial charge in [-0.15, -0.1) is 0 Å². The Hall–Kier alpha value is -1.38. The number of sulfonamides is 1. The molecule has 0 atom stereocenters. The minimum absolute atomic E-state index is 0.0486. The van der Waals surface area contributed by atoms with Crippen molar-refractivity contribution in [2.75, 3.05) is 13.1 Å². The fourth-order valence-corrected chi connectivity index (χ4v) is 5.64. The van der Waals surface area contributed by atoms with Crippen LogP contribution in [0.3, 0.4) is 0 Å². The van der Waals surface area contributed by atoms with E-state index in [0.29, 0.717) is 22.2 Å². The number of nitrogens with zero attached hydrogens (tertiary/aromatic N) is 1. The predicted octanol–water partition coefficient (Wildman–Crippen LogP) is 5.95. The number of amides is 1. The van der Waals surface area contributed by atoms with Crippen molar-refractivity contribution >= 4 is 55.1 Å². The summed E-state index contributed by atoms with van der Waals surface area (Å²) in [7, 11) is -3.93. The first kappa shape index (κ1) is 25.2. The SMILES string of the molecule is O=C(CN(Cc1ccc(Cl)cc1Cl)S(=O)(=O)c1ccc(Br)cc1)NCCC1=CCCCC1. The van der Waals surface area contributed by atoms with Gasteiger partial charge in [-0.2, -0.15) is 4.31 Å². The van der Waals surface area contributed by atoms with Crippen molar-refractivity contribution in [2.45, 2.75) is 43.5 Å². The zero-order valence-corrected chi connectivity index (χ0v) is 21.4. The first-order valence-electron chi connectivity index (χ1n) is 10.4. The number of allylic oxidation sites excluding steroid dienone is 1. The molecule has 0 spiro atoms. The van der Waals surface area contributed by atoms with Crippen LogP contribution in [0.2, 0.25) is 10.0 Å². The summed E-state index contributed by atoms with van der Waals surface area (Å²) in [6.45, 7) is 0.127. The van der Waals surface area contributed by atoms with Crippen LogP contribution in [0.25, 0.3) is 0 Å². The van der Waals surface area contributed by atoms with E-state index in [2.05, 4.69) is 27.3 Å². The van der Waals surface area contributed by atoms with Crippen LogP contribution >= 0.6 is 39.1 Å². The molecule has 0 saturated heterocycles. The number of carbonyl (C=O) groups is 1. The van der Waals surface area contributed by atoms with Gasteiger partial charge in [-0.1, -0.05) is 56.8 Å². The molecule has 172 valence electrons. The van der Waals surface area contributed by atoms with E-state index in [4.69, 9.17) is 23.2 Å². The second kappa shape index (κ2) is 11.7. The minimum Gasteiger partial charge on any atom is -0.355 e. The topological polar surface area (TPSA) is 66.5 Å². The summed E-state index contributed by atoms with van der Waals surface area (Å²) in [5, 5.41) is 3.66. The quantitative estimate of drug-likeness (QED) is 0.386. The predicted molar refractivity (Wildman–Crippen MR) is 132 cm³/mol. The van der Waals surface area contributed by atoms with E-state index < -0.39 is 10.0 Å². The second-order valence-corrected chi connectivity index (χ2v) is 11.4. The van der Waals surface area contributed by atoms with Crippen molar-refractivity contribution in [3.8, 4) is 0 Å². The molecule has 0 fully saturated rings. The van der Waals surface area contributed by atoms with Crippen LogP contribution in [-0.4, -0.2) is 31.7 Å². The standard InChI is InChI=1S/C23H25BrCl2N2O3S/c24-19-7-10-21(11-8-19)32(30,31)28(15-18-6-9-20(25)14-22(18)26)16-23(29)27-13-12-17-4-2-1-3-5-17/h4,6-11,14H,1-3,5,12-13,15-16H2,(H,27,29). The van der Waals surface area contributed by atoms with E-state index in [1.807, 2.05) is 0 Å². The molecule has 0 bridgehead atoms. The summed E-state index contributed by atoms with van der Waals surface area (Å²) in [6.07, 6.45) is 7.57. The highest BCUT2D eigenvalue weighted by Crippen LogP contribution is 2.26. The van der Waals surface area contributed by atoms with Crippen LogP contribution in [0.4, 0.5) is 0 Å². The Balaban J connectivity index is 1.75. The normalized spacial score (nSPS) is 14.3. The Morgan fingerprint density at radius 3 is 2.50 bits per heavy atom. The maximum atomic E-state index is 13.3. The van der Waals surface area contributed by atoms with Gasteiger partial charge in [-0.05, 0) is 74.1 Å². The van der Waals surface area contributed by atoms with E-state index in [1.54, 1.807) is 30.3 Å². The third kappa shape index (κ3) is 7.06. The van der Waals surface area contributed by atoms with Crippen LogP contribution in [-0.2, 0) is 21.4 Å². The molecule has 1 aliphatic carbocycles. The first-order chi connectivity index (χ1) is 15.3. The van der Waals surface area contributed by atoms with Crippen LogP contribution in [0.15, 0.2) is 63.5 Å². The van der Waals surface area contributed by atoms with Crippen molar-refractivity contribution < 1.29 is 13.2 Å². The van der Waals surface area contributed by atoms with Gasteiger partial charge in [0.15, 0.2) is 0 Å². The molecule has 5 nitrogen and oxygen atoms in total. The molecule has 0 saturated carbocycles. The Labute approximate surface area is 208 Å². The van der Waals surface area contributed by atoms with Crippen LogP contribution in [0.5, 0.6) is 0 Å². The Kier molecular flexibility index (Phi) is 9.20. The number of benzene rings is 2. The summed E-state index contributed by atoms with van der Waals surface area (Å²) < 4.78 is 28.6. The van der Waals surface area contributed by atoms with Crippen molar-refractivity contribution in [3.05, 3.63) is 74.2 Å². The van der Waals surface area contributed by atoms with Gasteiger partial charge in [-0.3, -0.25) is 4.79 Å². The number of nitrogens with one attached hydrogen (secondary N) is 1. The third-order valence-electron chi connectivity index (χ3n) is 5.29. The Bertz CT molecular complexity index is 1090. The second-order valence-electron chi connectivity index (χ2n) is 7.67. The molecule has 0 unspecified atom stereocenters. The van der Waals surface area contributed by atoms with Crippen molar-refractivity contribution in [2.24, 2.45) is 0 Å². The third-order valence-corrected chi connectivity index (χ3v) is 8.21. The smallest absolute Gasteiger partial charge is 0.243 e. The molecular formula is C23H25BrCl2N2O3S. The summed E-state index contributed by atoms with van der Waals surface area (Å²) in [5.74, 6) is -0.354. The van der Waals surface area contributed by atoms with Gasteiger partial charge < -0.3 is 5.32 Å². The molecule has 3 rings (SSSR count). The number of carbonyl (C=O) groups excluding carboxylic acids is 1. The van der Waals surface area contributed by atoms with E-state index in [9.17, 15) is 13.2 Å². The van der Waals surface area contributed by atoms with Crippen LogP contribution in [0, 0.1) is 0 Å². The molecule has 2 aromatic carbocycles. The Morgan fingerprint density at radius 2 is 1.84 bits per heavy atom. The molecule has 0 aliphatic heterocycles. The van der Waals surface area contributed by atoms with Gasteiger partial charge in [0.2, 0.25) is 15.9 Å².